The molecule has 2 aliphatic rings. The highest BCUT2D eigenvalue weighted by molar-refractivity contribution is 4.85. The first kappa shape index (κ1) is 5.69. The largest absolute Gasteiger partial charge is 0.390 e. The molecule has 2 heteroatoms. The van der Waals surface area contributed by atoms with Crippen molar-refractivity contribution < 1.29 is 9.84 Å². The molecule has 2 nitrogen and oxygen atoms in total. The molecule has 2 saturated heterocycles. The predicted molar refractivity (Wildman–Crippen MR) is 33.1 cm³/mol. The third-order valence-corrected chi connectivity index (χ3v) is 2.35. The Balaban J connectivity index is 2.05. The summed E-state index contributed by atoms with van der Waals surface area (Å²) in [6.45, 7) is 0. The van der Waals surface area contributed by atoms with Crippen molar-refractivity contribution in [2.24, 2.45) is 0 Å². The SMILES string of the molecule is OC1CCC2CC[C@@H]1O2. The van der Waals surface area contributed by atoms with Crippen LogP contribution in [0.1, 0.15) is 25.7 Å². The zero-order valence-electron chi connectivity index (χ0n) is 5.42. The van der Waals surface area contributed by atoms with E-state index in [4.69, 9.17) is 4.74 Å². The van der Waals surface area contributed by atoms with Gasteiger partial charge >= 0.3 is 0 Å². The molecule has 0 aromatic rings. The lowest BCUT2D eigenvalue weighted by molar-refractivity contribution is -0.0746. The summed E-state index contributed by atoms with van der Waals surface area (Å²) in [5.74, 6) is 0. The van der Waals surface area contributed by atoms with Crippen LogP contribution in [0.4, 0.5) is 0 Å². The van der Waals surface area contributed by atoms with Gasteiger partial charge in [0.05, 0.1) is 18.3 Å². The fraction of sp³-hybridized carbons (Fsp3) is 1.00. The first-order valence-corrected chi connectivity index (χ1v) is 3.70. The Morgan fingerprint density at radius 2 is 1.89 bits per heavy atom. The Labute approximate surface area is 54.8 Å². The monoisotopic (exact) mass is 128 g/mol. The van der Waals surface area contributed by atoms with E-state index in [2.05, 4.69) is 0 Å². The van der Waals surface area contributed by atoms with Crippen molar-refractivity contribution in [2.75, 3.05) is 0 Å². The standard InChI is InChI=1S/C7H12O2/c8-6-3-1-5-2-4-7(6)9-5/h5-8H,1-4H2/t5?,6?,7-/m0/s1. The van der Waals surface area contributed by atoms with Crippen LogP contribution in [0.5, 0.6) is 0 Å². The average molecular weight is 128 g/mol. The summed E-state index contributed by atoms with van der Waals surface area (Å²) < 4.78 is 5.46. The Morgan fingerprint density at radius 3 is 2.67 bits per heavy atom. The van der Waals surface area contributed by atoms with E-state index in [0.717, 1.165) is 19.3 Å². The maximum Gasteiger partial charge on any atom is 0.0838 e. The zero-order chi connectivity index (χ0) is 6.27. The molecule has 2 bridgehead atoms. The molecule has 1 N–H and O–H groups in total. The summed E-state index contributed by atoms with van der Waals surface area (Å²) in [5, 5.41) is 9.27. The minimum absolute atomic E-state index is 0.163. The summed E-state index contributed by atoms with van der Waals surface area (Å²) in [5.41, 5.74) is 0. The number of ether oxygens (including phenoxy) is 1. The number of rotatable bonds is 0. The Hall–Kier alpha value is -0.0800. The molecule has 0 radical (unpaired) electrons. The van der Waals surface area contributed by atoms with Crippen molar-refractivity contribution in [1.82, 2.24) is 0 Å². The van der Waals surface area contributed by atoms with Gasteiger partial charge in [0, 0.05) is 0 Å². The summed E-state index contributed by atoms with van der Waals surface area (Å²) in [6, 6.07) is 0. The van der Waals surface area contributed by atoms with Crippen LogP contribution < -0.4 is 0 Å². The van der Waals surface area contributed by atoms with Gasteiger partial charge in [-0.1, -0.05) is 0 Å². The molecule has 2 rings (SSSR count). The van der Waals surface area contributed by atoms with E-state index in [-0.39, 0.29) is 12.2 Å². The van der Waals surface area contributed by atoms with Crippen LogP contribution in [-0.4, -0.2) is 23.4 Å². The molecule has 52 valence electrons. The molecule has 3 atom stereocenters. The lowest BCUT2D eigenvalue weighted by Crippen LogP contribution is -2.31. The van der Waals surface area contributed by atoms with Crippen molar-refractivity contribution in [1.29, 1.82) is 0 Å². The molecule has 0 aromatic carbocycles. The van der Waals surface area contributed by atoms with Gasteiger partial charge in [-0.3, -0.25) is 0 Å². The maximum absolute atomic E-state index is 9.27. The molecule has 0 amide bonds. The van der Waals surface area contributed by atoms with E-state index in [1.807, 2.05) is 0 Å². The average Bonchev–Trinajstić information content (AvgIpc) is 2.25. The van der Waals surface area contributed by atoms with E-state index in [0.29, 0.717) is 6.10 Å². The minimum atomic E-state index is -0.163. The van der Waals surface area contributed by atoms with E-state index in [9.17, 15) is 5.11 Å². The molecule has 0 saturated carbocycles. The second-order valence-electron chi connectivity index (χ2n) is 3.02. The fourth-order valence-electron chi connectivity index (χ4n) is 1.77. The van der Waals surface area contributed by atoms with E-state index < -0.39 is 0 Å². The third kappa shape index (κ3) is 0.864. The van der Waals surface area contributed by atoms with Gasteiger partial charge in [0.2, 0.25) is 0 Å². The van der Waals surface area contributed by atoms with Crippen LogP contribution in [0, 0.1) is 0 Å². The van der Waals surface area contributed by atoms with Crippen molar-refractivity contribution in [3.05, 3.63) is 0 Å². The quantitative estimate of drug-likeness (QED) is 0.520. The van der Waals surface area contributed by atoms with Gasteiger partial charge in [0.25, 0.3) is 0 Å². The summed E-state index contributed by atoms with van der Waals surface area (Å²) in [6.07, 6.45) is 4.77. The molecule has 2 heterocycles. The first-order valence-electron chi connectivity index (χ1n) is 3.70. The van der Waals surface area contributed by atoms with Crippen LogP contribution >= 0.6 is 0 Å². The molecule has 0 spiro atoms. The van der Waals surface area contributed by atoms with Crippen molar-refractivity contribution in [3.63, 3.8) is 0 Å². The van der Waals surface area contributed by atoms with Gasteiger partial charge in [-0.2, -0.15) is 0 Å². The highest BCUT2D eigenvalue weighted by Crippen LogP contribution is 2.32. The lowest BCUT2D eigenvalue weighted by atomic mass is 10.1. The van der Waals surface area contributed by atoms with Crippen LogP contribution in [0.25, 0.3) is 0 Å². The van der Waals surface area contributed by atoms with Gasteiger partial charge in [0.15, 0.2) is 0 Å². The van der Waals surface area contributed by atoms with Gasteiger partial charge < -0.3 is 9.84 Å². The maximum atomic E-state index is 9.27. The molecule has 0 aliphatic carbocycles. The van der Waals surface area contributed by atoms with Crippen LogP contribution in [0.2, 0.25) is 0 Å². The van der Waals surface area contributed by atoms with Crippen molar-refractivity contribution in [3.8, 4) is 0 Å². The van der Waals surface area contributed by atoms with Gasteiger partial charge in [-0.05, 0) is 25.7 Å². The first-order chi connectivity index (χ1) is 4.36. The Morgan fingerprint density at radius 1 is 1.11 bits per heavy atom. The summed E-state index contributed by atoms with van der Waals surface area (Å²) >= 11 is 0. The van der Waals surface area contributed by atoms with Gasteiger partial charge in [-0.25, -0.2) is 0 Å². The van der Waals surface area contributed by atoms with E-state index in [1.165, 1.54) is 6.42 Å². The molecular weight excluding hydrogens is 116 g/mol. The van der Waals surface area contributed by atoms with Crippen molar-refractivity contribution >= 4 is 0 Å². The smallest absolute Gasteiger partial charge is 0.0838 e. The number of hydrogen-bond donors (Lipinski definition) is 1. The topological polar surface area (TPSA) is 29.5 Å². The molecule has 2 fully saturated rings. The van der Waals surface area contributed by atoms with Crippen LogP contribution in [0.15, 0.2) is 0 Å². The highest BCUT2D eigenvalue weighted by atomic mass is 16.5. The molecule has 2 unspecified atom stereocenters. The van der Waals surface area contributed by atoms with E-state index >= 15 is 0 Å². The number of fused-ring (bicyclic) bond motifs is 2. The van der Waals surface area contributed by atoms with Gasteiger partial charge in [0.1, 0.15) is 0 Å². The van der Waals surface area contributed by atoms with Crippen LogP contribution in [0.3, 0.4) is 0 Å². The number of aliphatic hydroxyl groups excluding tert-OH is 1. The number of aliphatic hydroxyl groups is 1. The minimum Gasteiger partial charge on any atom is -0.390 e. The Kier molecular flexibility index (Phi) is 1.24. The molecular formula is C7H12O2. The zero-order valence-corrected chi connectivity index (χ0v) is 5.42. The Bertz CT molecular complexity index is 113. The molecule has 9 heavy (non-hydrogen) atoms. The summed E-state index contributed by atoms with van der Waals surface area (Å²) in [4.78, 5) is 0. The number of hydrogen-bond acceptors (Lipinski definition) is 2. The van der Waals surface area contributed by atoms with Crippen molar-refractivity contribution in [2.45, 2.75) is 44.0 Å². The van der Waals surface area contributed by atoms with E-state index in [1.54, 1.807) is 0 Å². The second kappa shape index (κ2) is 1.96. The van der Waals surface area contributed by atoms with Gasteiger partial charge in [-0.15, -0.1) is 0 Å². The molecule has 2 aliphatic heterocycles. The van der Waals surface area contributed by atoms with Crippen LogP contribution in [-0.2, 0) is 4.74 Å². The normalized spacial score (nSPS) is 49.7. The molecule has 0 aromatic heterocycles. The predicted octanol–water partition coefficient (Wildman–Crippen LogP) is 0.689. The summed E-state index contributed by atoms with van der Waals surface area (Å²) in [7, 11) is 0. The second-order valence-corrected chi connectivity index (χ2v) is 3.02. The lowest BCUT2D eigenvalue weighted by Gasteiger charge is -2.24. The third-order valence-electron chi connectivity index (χ3n) is 2.35. The fourth-order valence-corrected chi connectivity index (χ4v) is 1.77. The highest BCUT2D eigenvalue weighted by Gasteiger charge is 2.35.